The molecule has 0 aromatic carbocycles. The predicted octanol–water partition coefficient (Wildman–Crippen LogP) is 3.23. The Balaban J connectivity index is 1.94. The van der Waals surface area contributed by atoms with E-state index in [1.807, 2.05) is 0 Å². The van der Waals surface area contributed by atoms with Gasteiger partial charge in [0.05, 0.1) is 0 Å². The Kier molecular flexibility index (Phi) is 6.04. The van der Waals surface area contributed by atoms with Crippen molar-refractivity contribution in [1.29, 1.82) is 0 Å². The molecule has 3 heteroatoms. The molecule has 0 aromatic heterocycles. The lowest BCUT2D eigenvalue weighted by Gasteiger charge is -2.46. The van der Waals surface area contributed by atoms with Crippen LogP contribution in [0.1, 0.15) is 46.5 Å². The lowest BCUT2D eigenvalue weighted by atomic mass is 9.67. The van der Waals surface area contributed by atoms with Crippen LogP contribution in [0.5, 0.6) is 0 Å². The van der Waals surface area contributed by atoms with Crippen LogP contribution >= 0.6 is 11.8 Å². The summed E-state index contributed by atoms with van der Waals surface area (Å²) in [6.07, 6.45) is 5.49. The largest absolute Gasteiger partial charge is 0.313 e. The van der Waals surface area contributed by atoms with Crippen molar-refractivity contribution in [2.45, 2.75) is 52.5 Å². The summed E-state index contributed by atoms with van der Waals surface area (Å²) in [5.41, 5.74) is 0.475. The molecule has 1 N–H and O–H groups in total. The molecule has 112 valence electrons. The van der Waals surface area contributed by atoms with Gasteiger partial charge in [0.2, 0.25) is 0 Å². The molecule has 2 aliphatic rings. The number of rotatable bonds is 5. The van der Waals surface area contributed by atoms with Gasteiger partial charge in [-0.1, -0.05) is 27.2 Å². The Hall–Kier alpha value is 0.270. The van der Waals surface area contributed by atoms with E-state index in [9.17, 15) is 0 Å². The molecule has 19 heavy (non-hydrogen) atoms. The van der Waals surface area contributed by atoms with E-state index >= 15 is 0 Å². The number of nitrogens with zero attached hydrogens (tertiary/aromatic N) is 1. The molecule has 0 radical (unpaired) electrons. The summed E-state index contributed by atoms with van der Waals surface area (Å²) in [6, 6.07) is 0.718. The highest BCUT2D eigenvalue weighted by Crippen LogP contribution is 2.39. The van der Waals surface area contributed by atoms with Crippen LogP contribution in [0.15, 0.2) is 0 Å². The summed E-state index contributed by atoms with van der Waals surface area (Å²) in [5, 5.41) is 3.87. The fourth-order valence-corrected chi connectivity index (χ4v) is 4.81. The molecule has 0 bridgehead atoms. The van der Waals surface area contributed by atoms with Gasteiger partial charge in [-0.25, -0.2) is 0 Å². The Morgan fingerprint density at radius 3 is 2.68 bits per heavy atom. The number of thioether (sulfide) groups is 1. The minimum atomic E-state index is 0.475. The van der Waals surface area contributed by atoms with Crippen LogP contribution in [-0.2, 0) is 0 Å². The standard InChI is InChI=1S/C16H32N2S/c1-4-8-17-15-14(6-5-7-16(15,2)3)13-18-9-11-19-12-10-18/h14-15,17H,4-13H2,1-3H3. The van der Waals surface area contributed by atoms with E-state index in [-0.39, 0.29) is 0 Å². The molecule has 1 aliphatic heterocycles. The molecule has 2 rings (SSSR count). The molecular formula is C16H32N2S. The molecule has 2 fully saturated rings. The normalized spacial score (nSPS) is 32.4. The van der Waals surface area contributed by atoms with Gasteiger partial charge in [0, 0.05) is 37.2 Å². The van der Waals surface area contributed by atoms with Gasteiger partial charge in [-0.15, -0.1) is 0 Å². The SMILES string of the molecule is CCCNC1C(CN2CCSCC2)CCCC1(C)C. The average Bonchev–Trinajstić information content (AvgIpc) is 2.38. The van der Waals surface area contributed by atoms with Gasteiger partial charge in [-0.3, -0.25) is 0 Å². The Bertz CT molecular complexity index is 261. The summed E-state index contributed by atoms with van der Waals surface area (Å²) in [7, 11) is 0. The molecule has 1 heterocycles. The van der Waals surface area contributed by atoms with Crippen molar-refractivity contribution in [3.63, 3.8) is 0 Å². The third-order valence-electron chi connectivity index (χ3n) is 4.92. The van der Waals surface area contributed by atoms with Crippen molar-refractivity contribution in [3.05, 3.63) is 0 Å². The van der Waals surface area contributed by atoms with Gasteiger partial charge in [-0.05, 0) is 37.1 Å². The summed E-state index contributed by atoms with van der Waals surface area (Å²) in [4.78, 5) is 2.71. The minimum absolute atomic E-state index is 0.475. The monoisotopic (exact) mass is 284 g/mol. The fraction of sp³-hybridized carbons (Fsp3) is 1.00. The van der Waals surface area contributed by atoms with Crippen LogP contribution in [0, 0.1) is 11.3 Å². The third kappa shape index (κ3) is 4.37. The van der Waals surface area contributed by atoms with Crippen LogP contribution in [0.4, 0.5) is 0 Å². The molecule has 1 saturated carbocycles. The van der Waals surface area contributed by atoms with E-state index in [0.717, 1.165) is 12.0 Å². The highest BCUT2D eigenvalue weighted by molar-refractivity contribution is 7.99. The van der Waals surface area contributed by atoms with E-state index in [0.29, 0.717) is 5.41 Å². The molecule has 2 nitrogen and oxygen atoms in total. The number of hydrogen-bond donors (Lipinski definition) is 1. The van der Waals surface area contributed by atoms with Gasteiger partial charge in [0.25, 0.3) is 0 Å². The van der Waals surface area contributed by atoms with Crippen LogP contribution in [0.2, 0.25) is 0 Å². The first kappa shape index (κ1) is 15.7. The molecule has 0 spiro atoms. The van der Waals surface area contributed by atoms with Gasteiger partial charge in [0.15, 0.2) is 0 Å². The van der Waals surface area contributed by atoms with E-state index in [4.69, 9.17) is 0 Å². The van der Waals surface area contributed by atoms with Crippen molar-refractivity contribution in [3.8, 4) is 0 Å². The summed E-state index contributed by atoms with van der Waals surface area (Å²) in [6.45, 7) is 12.3. The van der Waals surface area contributed by atoms with Crippen LogP contribution in [-0.4, -0.2) is 48.6 Å². The lowest BCUT2D eigenvalue weighted by Crippen LogP contribution is -2.53. The highest BCUT2D eigenvalue weighted by Gasteiger charge is 2.39. The van der Waals surface area contributed by atoms with Gasteiger partial charge >= 0.3 is 0 Å². The second-order valence-electron chi connectivity index (χ2n) is 6.99. The Morgan fingerprint density at radius 1 is 1.26 bits per heavy atom. The first-order valence-corrected chi connectivity index (χ1v) is 9.32. The molecule has 2 atom stereocenters. The Morgan fingerprint density at radius 2 is 2.00 bits per heavy atom. The fourth-order valence-electron chi connectivity index (χ4n) is 3.83. The van der Waals surface area contributed by atoms with Crippen molar-refractivity contribution in [2.75, 3.05) is 37.7 Å². The summed E-state index contributed by atoms with van der Waals surface area (Å²) >= 11 is 2.12. The van der Waals surface area contributed by atoms with Gasteiger partial charge < -0.3 is 10.2 Å². The second-order valence-corrected chi connectivity index (χ2v) is 8.21. The van der Waals surface area contributed by atoms with Crippen LogP contribution in [0.3, 0.4) is 0 Å². The quantitative estimate of drug-likeness (QED) is 0.834. The maximum atomic E-state index is 3.87. The highest BCUT2D eigenvalue weighted by atomic mass is 32.2. The van der Waals surface area contributed by atoms with Gasteiger partial charge in [0.1, 0.15) is 0 Å². The zero-order valence-electron chi connectivity index (χ0n) is 13.1. The van der Waals surface area contributed by atoms with Crippen molar-refractivity contribution >= 4 is 11.8 Å². The molecule has 0 amide bonds. The maximum absolute atomic E-state index is 3.87. The third-order valence-corrected chi connectivity index (χ3v) is 5.86. The van der Waals surface area contributed by atoms with Gasteiger partial charge in [-0.2, -0.15) is 11.8 Å². The van der Waals surface area contributed by atoms with E-state index < -0.39 is 0 Å². The van der Waals surface area contributed by atoms with E-state index in [1.54, 1.807) is 0 Å². The van der Waals surface area contributed by atoms with E-state index in [2.05, 4.69) is 42.7 Å². The topological polar surface area (TPSA) is 15.3 Å². The van der Waals surface area contributed by atoms with Crippen LogP contribution < -0.4 is 5.32 Å². The minimum Gasteiger partial charge on any atom is -0.313 e. The number of hydrogen-bond acceptors (Lipinski definition) is 3. The summed E-state index contributed by atoms with van der Waals surface area (Å²) < 4.78 is 0. The van der Waals surface area contributed by atoms with Crippen molar-refractivity contribution in [1.82, 2.24) is 10.2 Å². The molecule has 2 unspecified atom stereocenters. The number of nitrogens with one attached hydrogen (secondary N) is 1. The lowest BCUT2D eigenvalue weighted by molar-refractivity contribution is 0.0814. The molecule has 1 saturated heterocycles. The first-order chi connectivity index (χ1) is 9.13. The Labute approximate surface area is 124 Å². The van der Waals surface area contributed by atoms with Crippen LogP contribution in [0.25, 0.3) is 0 Å². The second kappa shape index (κ2) is 7.33. The zero-order chi connectivity index (χ0) is 13.7. The molecule has 1 aliphatic carbocycles. The first-order valence-electron chi connectivity index (χ1n) is 8.17. The zero-order valence-corrected chi connectivity index (χ0v) is 13.9. The van der Waals surface area contributed by atoms with E-state index in [1.165, 1.54) is 63.4 Å². The smallest absolute Gasteiger partial charge is 0.0159 e. The molecular weight excluding hydrogens is 252 g/mol. The maximum Gasteiger partial charge on any atom is 0.0159 e. The molecule has 0 aromatic rings. The average molecular weight is 285 g/mol. The summed E-state index contributed by atoms with van der Waals surface area (Å²) in [5.74, 6) is 3.53. The predicted molar refractivity (Wildman–Crippen MR) is 87.0 cm³/mol. The van der Waals surface area contributed by atoms with Crippen molar-refractivity contribution < 1.29 is 0 Å². The van der Waals surface area contributed by atoms with Crippen molar-refractivity contribution in [2.24, 2.45) is 11.3 Å².